The van der Waals surface area contributed by atoms with Crippen LogP contribution in [0.4, 0.5) is 4.39 Å². The third-order valence-electron chi connectivity index (χ3n) is 5.32. The molecule has 1 amide bonds. The highest BCUT2D eigenvalue weighted by molar-refractivity contribution is 7.89. The van der Waals surface area contributed by atoms with Gasteiger partial charge in [-0.25, -0.2) is 12.8 Å². The van der Waals surface area contributed by atoms with E-state index in [2.05, 4.69) is 5.32 Å². The maximum Gasteiger partial charge on any atom is 0.243 e. The predicted octanol–water partition coefficient (Wildman–Crippen LogP) is 4.60. The number of rotatable bonds is 10. The van der Waals surface area contributed by atoms with Gasteiger partial charge in [-0.15, -0.1) is 0 Å². The van der Waals surface area contributed by atoms with Gasteiger partial charge in [-0.1, -0.05) is 54.1 Å². The molecule has 0 fully saturated rings. The average Bonchev–Trinajstić information content (AvgIpc) is 2.82. The minimum absolute atomic E-state index is 0.0363. The van der Waals surface area contributed by atoms with Crippen molar-refractivity contribution in [3.63, 3.8) is 0 Å². The molecule has 0 aliphatic rings. The molecule has 3 aromatic carbocycles. The molecule has 180 valence electrons. The van der Waals surface area contributed by atoms with Crippen LogP contribution in [0.25, 0.3) is 0 Å². The number of hydrogen-bond donors (Lipinski definition) is 1. The first kappa shape index (κ1) is 25.7. The quantitative estimate of drug-likeness (QED) is 0.438. The van der Waals surface area contributed by atoms with Gasteiger partial charge in [-0.05, 0) is 54.8 Å². The molecule has 0 saturated carbocycles. The third-order valence-corrected chi connectivity index (χ3v) is 7.46. The van der Waals surface area contributed by atoms with E-state index in [0.29, 0.717) is 17.7 Å². The summed E-state index contributed by atoms with van der Waals surface area (Å²) in [6.45, 7) is 1.45. The van der Waals surface area contributed by atoms with Gasteiger partial charge < -0.3 is 10.1 Å². The summed E-state index contributed by atoms with van der Waals surface area (Å²) in [5, 5.41) is 2.94. The number of carbonyl (C=O) groups excluding carboxylic acids is 1. The number of halogens is 2. The molecule has 0 aliphatic carbocycles. The van der Waals surface area contributed by atoms with Crippen LogP contribution in [0, 0.1) is 5.82 Å². The van der Waals surface area contributed by atoms with Gasteiger partial charge in [0.25, 0.3) is 0 Å². The predicted molar refractivity (Wildman–Crippen MR) is 130 cm³/mol. The molecule has 1 N–H and O–H groups in total. The van der Waals surface area contributed by atoms with Crippen LogP contribution in [0.1, 0.15) is 24.1 Å². The molecule has 0 heterocycles. The molecule has 0 bridgehead atoms. The van der Waals surface area contributed by atoms with Gasteiger partial charge in [0.05, 0.1) is 29.6 Å². The monoisotopic (exact) mass is 504 g/mol. The molecule has 0 aliphatic heterocycles. The van der Waals surface area contributed by atoms with Crippen molar-refractivity contribution in [3.05, 3.63) is 94.8 Å². The number of carbonyl (C=O) groups is 1. The fourth-order valence-electron chi connectivity index (χ4n) is 3.42. The van der Waals surface area contributed by atoms with E-state index in [9.17, 15) is 17.6 Å². The van der Waals surface area contributed by atoms with Crippen molar-refractivity contribution in [3.8, 4) is 5.75 Å². The van der Waals surface area contributed by atoms with E-state index in [1.54, 1.807) is 19.1 Å². The fourth-order valence-corrected chi connectivity index (χ4v) is 5.17. The van der Waals surface area contributed by atoms with Crippen molar-refractivity contribution in [1.29, 1.82) is 0 Å². The number of methoxy groups -OCH3 is 1. The Labute approximate surface area is 204 Å². The van der Waals surface area contributed by atoms with Crippen molar-refractivity contribution >= 4 is 27.5 Å². The Kier molecular flexibility index (Phi) is 8.66. The summed E-state index contributed by atoms with van der Waals surface area (Å²) < 4.78 is 46.3. The maximum absolute atomic E-state index is 13.4. The molecule has 0 unspecified atom stereocenters. The zero-order valence-corrected chi connectivity index (χ0v) is 20.4. The molecule has 0 radical (unpaired) electrons. The van der Waals surface area contributed by atoms with Crippen LogP contribution in [0.5, 0.6) is 5.75 Å². The Morgan fingerprint density at radius 1 is 1.09 bits per heavy atom. The van der Waals surface area contributed by atoms with Crippen LogP contribution in [0.3, 0.4) is 0 Å². The number of nitrogens with one attached hydrogen (secondary N) is 1. The van der Waals surface area contributed by atoms with Crippen molar-refractivity contribution in [2.45, 2.75) is 24.3 Å². The lowest BCUT2D eigenvalue weighted by molar-refractivity contribution is -0.121. The largest absolute Gasteiger partial charge is 0.495 e. The molecule has 34 heavy (non-hydrogen) atoms. The number of ether oxygens (including phenoxy) is 1. The first-order chi connectivity index (χ1) is 16.2. The van der Waals surface area contributed by atoms with Gasteiger partial charge in [0.15, 0.2) is 0 Å². The van der Waals surface area contributed by atoms with E-state index in [1.807, 2.05) is 30.3 Å². The highest BCUT2D eigenvalue weighted by atomic mass is 35.5. The lowest BCUT2D eigenvalue weighted by Gasteiger charge is -2.23. The molecule has 3 aromatic rings. The van der Waals surface area contributed by atoms with Gasteiger partial charge in [-0.3, -0.25) is 4.79 Å². The molecule has 0 aromatic heterocycles. The minimum atomic E-state index is -4.04. The molecule has 0 saturated heterocycles. The molecule has 0 spiro atoms. The van der Waals surface area contributed by atoms with E-state index >= 15 is 0 Å². The Balaban J connectivity index is 1.81. The maximum atomic E-state index is 13.4. The van der Waals surface area contributed by atoms with Gasteiger partial charge >= 0.3 is 0 Å². The van der Waals surface area contributed by atoms with Crippen LogP contribution in [-0.4, -0.2) is 38.8 Å². The smallest absolute Gasteiger partial charge is 0.243 e. The lowest BCUT2D eigenvalue weighted by atomic mass is 10.1. The van der Waals surface area contributed by atoms with Crippen LogP contribution >= 0.6 is 11.6 Å². The topological polar surface area (TPSA) is 75.7 Å². The van der Waals surface area contributed by atoms with E-state index in [4.69, 9.17) is 16.3 Å². The number of benzene rings is 3. The molecule has 3 rings (SSSR count). The minimum Gasteiger partial charge on any atom is -0.495 e. The summed E-state index contributed by atoms with van der Waals surface area (Å²) in [7, 11) is -2.60. The number of amides is 1. The van der Waals surface area contributed by atoms with Gasteiger partial charge in [-0.2, -0.15) is 4.31 Å². The van der Waals surface area contributed by atoms with E-state index < -0.39 is 22.0 Å². The highest BCUT2D eigenvalue weighted by Crippen LogP contribution is 2.28. The SMILES string of the molecule is COc1ccc(S(=O)(=O)N(CCc2ccccc2)CC(=O)N[C@@H](C)c2ccc(F)cc2)cc1Cl. The van der Waals surface area contributed by atoms with E-state index in [-0.39, 0.29) is 28.8 Å². The second kappa shape index (κ2) is 11.5. The van der Waals surface area contributed by atoms with Gasteiger partial charge in [0, 0.05) is 6.54 Å². The van der Waals surface area contributed by atoms with Gasteiger partial charge in [0.1, 0.15) is 11.6 Å². The number of nitrogens with zero attached hydrogens (tertiary/aromatic N) is 1. The molecule has 9 heteroatoms. The van der Waals surface area contributed by atoms with Crippen molar-refractivity contribution in [2.75, 3.05) is 20.2 Å². The fraction of sp³-hybridized carbons (Fsp3) is 0.240. The number of sulfonamides is 1. The van der Waals surface area contributed by atoms with Crippen LogP contribution in [0.15, 0.2) is 77.7 Å². The zero-order chi connectivity index (χ0) is 24.7. The first-order valence-corrected chi connectivity index (χ1v) is 12.4. The van der Waals surface area contributed by atoms with Crippen molar-refractivity contribution in [1.82, 2.24) is 9.62 Å². The Hall–Kier alpha value is -2.94. The van der Waals surface area contributed by atoms with Crippen LogP contribution in [0.2, 0.25) is 5.02 Å². The highest BCUT2D eigenvalue weighted by Gasteiger charge is 2.28. The molecule has 1 atom stereocenters. The van der Waals surface area contributed by atoms with Crippen LogP contribution < -0.4 is 10.1 Å². The number of hydrogen-bond acceptors (Lipinski definition) is 4. The van der Waals surface area contributed by atoms with Crippen molar-refractivity contribution < 1.29 is 22.3 Å². The normalized spacial score (nSPS) is 12.4. The molecular weight excluding hydrogens is 479 g/mol. The summed E-state index contributed by atoms with van der Waals surface area (Å²) >= 11 is 6.15. The second-order valence-corrected chi connectivity index (χ2v) is 10.1. The Morgan fingerprint density at radius 3 is 2.38 bits per heavy atom. The summed E-state index contributed by atoms with van der Waals surface area (Å²) in [4.78, 5) is 12.8. The van der Waals surface area contributed by atoms with E-state index in [1.165, 1.54) is 37.4 Å². The Bertz CT molecular complexity index is 1220. The summed E-state index contributed by atoms with van der Waals surface area (Å²) in [6, 6.07) is 18.9. The summed E-state index contributed by atoms with van der Waals surface area (Å²) in [5.41, 5.74) is 1.64. The molecule has 6 nitrogen and oxygen atoms in total. The summed E-state index contributed by atoms with van der Waals surface area (Å²) in [6.07, 6.45) is 0.421. The summed E-state index contributed by atoms with van der Waals surface area (Å²) in [5.74, 6) is -0.506. The lowest BCUT2D eigenvalue weighted by Crippen LogP contribution is -2.42. The Morgan fingerprint density at radius 2 is 1.76 bits per heavy atom. The van der Waals surface area contributed by atoms with Crippen molar-refractivity contribution in [2.24, 2.45) is 0 Å². The first-order valence-electron chi connectivity index (χ1n) is 10.6. The van der Waals surface area contributed by atoms with Crippen LogP contribution in [-0.2, 0) is 21.2 Å². The zero-order valence-electron chi connectivity index (χ0n) is 18.9. The van der Waals surface area contributed by atoms with Gasteiger partial charge in [0.2, 0.25) is 15.9 Å². The standard InChI is InChI=1S/C25H26ClFN2O4S/c1-18(20-8-10-21(27)11-9-20)28-25(30)17-29(15-14-19-6-4-3-5-7-19)34(31,32)22-12-13-24(33-2)23(26)16-22/h3-13,16,18H,14-15,17H2,1-2H3,(H,28,30)/t18-/m0/s1. The molecular formula is C25H26ClFN2O4S. The third kappa shape index (κ3) is 6.56. The van der Waals surface area contributed by atoms with E-state index in [0.717, 1.165) is 9.87 Å². The second-order valence-electron chi connectivity index (χ2n) is 7.71. The average molecular weight is 505 g/mol.